The Labute approximate surface area is 118 Å². The lowest BCUT2D eigenvalue weighted by atomic mass is 9.93. The maximum Gasteiger partial charge on any atom is 0.171 e. The van der Waals surface area contributed by atoms with Gasteiger partial charge in [0.2, 0.25) is 0 Å². The summed E-state index contributed by atoms with van der Waals surface area (Å²) in [5.41, 5.74) is 2.64. The number of hydrogen-bond acceptors (Lipinski definition) is 3. The van der Waals surface area contributed by atoms with Crippen LogP contribution in [0.15, 0.2) is 47.5 Å². The molecule has 0 fully saturated rings. The van der Waals surface area contributed by atoms with Crippen molar-refractivity contribution in [1.29, 1.82) is 0 Å². The van der Waals surface area contributed by atoms with Gasteiger partial charge in [-0.05, 0) is 43.0 Å². The van der Waals surface area contributed by atoms with Crippen LogP contribution in [-0.2, 0) is 0 Å². The van der Waals surface area contributed by atoms with Gasteiger partial charge in [0.05, 0.1) is 0 Å². The average Bonchev–Trinajstić information content (AvgIpc) is 2.46. The van der Waals surface area contributed by atoms with E-state index in [9.17, 15) is 4.79 Å². The van der Waals surface area contributed by atoms with Crippen molar-refractivity contribution in [3.8, 4) is 0 Å². The molecule has 0 saturated carbocycles. The van der Waals surface area contributed by atoms with E-state index in [1.54, 1.807) is 18.0 Å². The number of aryl methyl sites for hydroxylation is 1. The van der Waals surface area contributed by atoms with Crippen LogP contribution < -0.4 is 0 Å². The van der Waals surface area contributed by atoms with E-state index in [1.807, 2.05) is 44.4 Å². The van der Waals surface area contributed by atoms with Crippen LogP contribution in [0.3, 0.4) is 0 Å². The van der Waals surface area contributed by atoms with Crippen molar-refractivity contribution < 1.29 is 4.79 Å². The third-order valence-electron chi connectivity index (χ3n) is 3.20. The Morgan fingerprint density at radius 3 is 2.37 bits per heavy atom. The van der Waals surface area contributed by atoms with Crippen molar-refractivity contribution in [2.45, 2.75) is 24.7 Å². The maximum absolute atomic E-state index is 12.4. The third-order valence-corrected chi connectivity index (χ3v) is 3.95. The molecule has 1 atom stereocenters. The molecule has 0 aliphatic carbocycles. The first-order valence-corrected chi connectivity index (χ1v) is 7.45. The van der Waals surface area contributed by atoms with Crippen LogP contribution >= 0.6 is 11.8 Å². The van der Waals surface area contributed by atoms with Gasteiger partial charge >= 0.3 is 0 Å². The highest BCUT2D eigenvalue weighted by Crippen LogP contribution is 2.23. The molecule has 1 aromatic heterocycles. The van der Waals surface area contributed by atoms with Crippen molar-refractivity contribution in [3.63, 3.8) is 0 Å². The van der Waals surface area contributed by atoms with Crippen LogP contribution in [-0.4, -0.2) is 17.0 Å². The third kappa shape index (κ3) is 3.24. The zero-order valence-electron chi connectivity index (χ0n) is 11.4. The lowest BCUT2D eigenvalue weighted by molar-refractivity contribution is 0.0965. The fourth-order valence-electron chi connectivity index (χ4n) is 1.91. The molecule has 98 valence electrons. The molecule has 1 heterocycles. The van der Waals surface area contributed by atoms with E-state index in [2.05, 4.69) is 17.1 Å². The Morgan fingerprint density at radius 1 is 1.16 bits per heavy atom. The molecular weight excluding hydrogens is 254 g/mol. The van der Waals surface area contributed by atoms with Crippen LogP contribution in [0.2, 0.25) is 0 Å². The minimum Gasteiger partial charge on any atom is -0.293 e. The molecule has 0 saturated heterocycles. The second-order valence-electron chi connectivity index (χ2n) is 4.55. The summed E-state index contributed by atoms with van der Waals surface area (Å²) in [5.74, 6) is -0.0233. The predicted molar refractivity (Wildman–Crippen MR) is 79.9 cm³/mol. The van der Waals surface area contributed by atoms with Crippen LogP contribution in [0.25, 0.3) is 0 Å². The van der Waals surface area contributed by atoms with E-state index in [4.69, 9.17) is 0 Å². The molecule has 19 heavy (non-hydrogen) atoms. The summed E-state index contributed by atoms with van der Waals surface area (Å²) in [6.07, 6.45) is 3.70. The monoisotopic (exact) mass is 271 g/mol. The summed E-state index contributed by atoms with van der Waals surface area (Å²) in [6.45, 7) is 3.86. The molecule has 0 spiro atoms. The Morgan fingerprint density at radius 2 is 1.84 bits per heavy atom. The highest BCUT2D eigenvalue weighted by molar-refractivity contribution is 7.98. The van der Waals surface area contributed by atoms with Crippen molar-refractivity contribution in [1.82, 2.24) is 4.98 Å². The maximum atomic E-state index is 12.4. The predicted octanol–water partition coefficient (Wildman–Crippen LogP) is 4.10. The zero-order valence-corrected chi connectivity index (χ0v) is 12.2. The van der Waals surface area contributed by atoms with E-state index >= 15 is 0 Å². The molecule has 1 aromatic carbocycles. The molecule has 0 aliphatic heterocycles. The number of rotatable bonds is 4. The average molecular weight is 271 g/mol. The molecule has 0 radical (unpaired) electrons. The van der Waals surface area contributed by atoms with E-state index in [0.717, 1.165) is 11.3 Å². The Hall–Kier alpha value is -1.61. The number of carbonyl (C=O) groups is 1. The van der Waals surface area contributed by atoms with Crippen LogP contribution in [0, 0.1) is 6.92 Å². The molecule has 0 aliphatic rings. The quantitative estimate of drug-likeness (QED) is 0.619. The van der Waals surface area contributed by atoms with Crippen molar-refractivity contribution in [2.75, 3.05) is 6.26 Å². The van der Waals surface area contributed by atoms with Crippen LogP contribution in [0.4, 0.5) is 0 Å². The van der Waals surface area contributed by atoms with Crippen molar-refractivity contribution in [2.24, 2.45) is 0 Å². The van der Waals surface area contributed by atoms with Gasteiger partial charge in [-0.3, -0.25) is 9.78 Å². The molecule has 2 nitrogen and oxygen atoms in total. The summed E-state index contributed by atoms with van der Waals surface area (Å²) < 4.78 is 0. The van der Waals surface area contributed by atoms with Crippen LogP contribution in [0.1, 0.15) is 34.5 Å². The van der Waals surface area contributed by atoms with Gasteiger partial charge in [0.15, 0.2) is 5.78 Å². The van der Waals surface area contributed by atoms with Gasteiger partial charge in [0, 0.05) is 28.3 Å². The van der Waals surface area contributed by atoms with Gasteiger partial charge < -0.3 is 0 Å². The second kappa shape index (κ2) is 6.02. The zero-order chi connectivity index (χ0) is 13.8. The Balaban J connectivity index is 2.20. The minimum atomic E-state index is -0.139. The minimum absolute atomic E-state index is 0.115. The molecule has 1 unspecified atom stereocenters. The second-order valence-corrected chi connectivity index (χ2v) is 5.43. The molecule has 0 amide bonds. The standard InChI is InChI=1S/C16H17NOS/c1-11-4-5-14(10-17-11)16(18)12(2)13-6-8-15(19-3)9-7-13/h4-10,12H,1-3H3. The molecule has 0 N–H and O–H groups in total. The number of thioether (sulfide) groups is 1. The first-order valence-electron chi connectivity index (χ1n) is 6.22. The van der Waals surface area contributed by atoms with E-state index in [0.29, 0.717) is 5.56 Å². The van der Waals surface area contributed by atoms with Crippen molar-refractivity contribution >= 4 is 17.5 Å². The van der Waals surface area contributed by atoms with E-state index < -0.39 is 0 Å². The number of benzene rings is 1. The molecule has 2 aromatic rings. The molecular formula is C16H17NOS. The number of Topliss-reactive ketones (excluding diaryl/α,β-unsaturated/α-hetero) is 1. The number of carbonyl (C=O) groups excluding carboxylic acids is 1. The number of nitrogens with zero attached hydrogens (tertiary/aromatic N) is 1. The van der Waals surface area contributed by atoms with Gasteiger partial charge in [-0.15, -0.1) is 11.8 Å². The largest absolute Gasteiger partial charge is 0.293 e. The van der Waals surface area contributed by atoms with Gasteiger partial charge in [-0.1, -0.05) is 19.1 Å². The van der Waals surface area contributed by atoms with Crippen molar-refractivity contribution in [3.05, 3.63) is 59.4 Å². The highest BCUT2D eigenvalue weighted by atomic mass is 32.2. The fraction of sp³-hybridized carbons (Fsp3) is 0.250. The van der Waals surface area contributed by atoms with Crippen LogP contribution in [0.5, 0.6) is 0 Å². The Bertz CT molecular complexity index is 560. The topological polar surface area (TPSA) is 30.0 Å². The highest BCUT2D eigenvalue weighted by Gasteiger charge is 2.17. The summed E-state index contributed by atoms with van der Waals surface area (Å²) >= 11 is 1.70. The first kappa shape index (κ1) is 13.8. The first-order chi connectivity index (χ1) is 9.11. The number of pyridine rings is 1. The lowest BCUT2D eigenvalue weighted by Gasteiger charge is -2.11. The number of aromatic nitrogens is 1. The summed E-state index contributed by atoms with van der Waals surface area (Å²) in [4.78, 5) is 17.8. The van der Waals surface area contributed by atoms with Gasteiger partial charge in [0.1, 0.15) is 0 Å². The number of ketones is 1. The normalized spacial score (nSPS) is 12.2. The molecule has 2 rings (SSSR count). The summed E-state index contributed by atoms with van der Waals surface area (Å²) in [7, 11) is 0. The number of hydrogen-bond donors (Lipinski definition) is 0. The SMILES string of the molecule is CSc1ccc(C(C)C(=O)c2ccc(C)nc2)cc1. The Kier molecular flexibility index (Phi) is 4.38. The van der Waals surface area contributed by atoms with Gasteiger partial charge in [-0.2, -0.15) is 0 Å². The van der Waals surface area contributed by atoms with E-state index in [1.165, 1.54) is 4.90 Å². The lowest BCUT2D eigenvalue weighted by Crippen LogP contribution is -2.10. The molecule has 0 bridgehead atoms. The molecule has 3 heteroatoms. The van der Waals surface area contributed by atoms with Gasteiger partial charge in [0.25, 0.3) is 0 Å². The van der Waals surface area contributed by atoms with Gasteiger partial charge in [-0.25, -0.2) is 0 Å². The summed E-state index contributed by atoms with van der Waals surface area (Å²) in [5, 5.41) is 0. The fourth-order valence-corrected chi connectivity index (χ4v) is 2.32. The van der Waals surface area contributed by atoms with E-state index in [-0.39, 0.29) is 11.7 Å². The summed E-state index contributed by atoms with van der Waals surface area (Å²) in [6, 6.07) is 11.9. The smallest absolute Gasteiger partial charge is 0.171 e.